The number of alkyl halides is 2. The van der Waals surface area contributed by atoms with E-state index in [0.717, 1.165) is 0 Å². The number of nitrogens with zero attached hydrogens (tertiary/aromatic N) is 3. The van der Waals surface area contributed by atoms with E-state index >= 15 is 0 Å². The van der Waals surface area contributed by atoms with Crippen molar-refractivity contribution in [3.63, 3.8) is 0 Å². The number of nitro groups is 1. The molecule has 0 atom stereocenters. The summed E-state index contributed by atoms with van der Waals surface area (Å²) in [6.45, 7) is 0. The van der Waals surface area contributed by atoms with Crippen LogP contribution in [0.2, 0.25) is 0 Å². The summed E-state index contributed by atoms with van der Waals surface area (Å²) in [7, 11) is 0. The third kappa shape index (κ3) is 2.60. The lowest BCUT2D eigenvalue weighted by Gasteiger charge is -2.05. The molecule has 1 rings (SSSR count). The van der Waals surface area contributed by atoms with E-state index < -0.39 is 22.7 Å². The first kappa shape index (κ1) is 12.7. The summed E-state index contributed by atoms with van der Waals surface area (Å²) in [5, 5.41) is 18.9. The Morgan fingerprint density at radius 2 is 2.31 bits per heavy atom. The van der Waals surface area contributed by atoms with Crippen molar-refractivity contribution in [2.75, 3.05) is 0 Å². The first-order valence-electron chi connectivity index (χ1n) is 3.96. The van der Waals surface area contributed by atoms with E-state index in [2.05, 4.69) is 4.98 Å². The Morgan fingerprint density at radius 3 is 2.75 bits per heavy atom. The van der Waals surface area contributed by atoms with Gasteiger partial charge in [-0.15, -0.1) is 0 Å². The molecule has 0 amide bonds. The molecule has 0 spiro atoms. The van der Waals surface area contributed by atoms with Crippen LogP contribution in [0.15, 0.2) is 6.07 Å². The minimum absolute atomic E-state index is 0.0451. The van der Waals surface area contributed by atoms with Gasteiger partial charge in [0.2, 0.25) is 3.70 Å². The summed E-state index contributed by atoms with van der Waals surface area (Å²) >= 11 is 1.60. The lowest BCUT2D eigenvalue weighted by Crippen LogP contribution is -2.03. The topological polar surface area (TPSA) is 79.8 Å². The predicted molar refractivity (Wildman–Crippen MR) is 57.9 cm³/mol. The summed E-state index contributed by atoms with van der Waals surface area (Å²) in [4.78, 5) is 13.1. The minimum atomic E-state index is -2.86. The molecular weight excluding hydrogens is 335 g/mol. The zero-order valence-electron chi connectivity index (χ0n) is 7.65. The second-order valence-electron chi connectivity index (χ2n) is 2.73. The van der Waals surface area contributed by atoms with Crippen LogP contribution in [0, 0.1) is 25.1 Å². The van der Waals surface area contributed by atoms with Crippen molar-refractivity contribution >= 4 is 28.4 Å². The van der Waals surface area contributed by atoms with Gasteiger partial charge in [-0.3, -0.25) is 0 Å². The Labute approximate surface area is 102 Å². The fourth-order valence-electron chi connectivity index (χ4n) is 1.09. The molecule has 5 nitrogen and oxygen atoms in total. The first-order valence-corrected chi connectivity index (χ1v) is 5.04. The SMILES string of the molecule is N#CCc1c(C(F)F)cc([N+](=O)[O-])nc1I. The van der Waals surface area contributed by atoms with Gasteiger partial charge in [0.15, 0.2) is 0 Å². The van der Waals surface area contributed by atoms with Gasteiger partial charge in [0.1, 0.15) is 0 Å². The molecule has 0 N–H and O–H groups in total. The van der Waals surface area contributed by atoms with Crippen molar-refractivity contribution in [1.29, 1.82) is 5.26 Å². The molecule has 0 saturated carbocycles. The van der Waals surface area contributed by atoms with Crippen LogP contribution in [0.3, 0.4) is 0 Å². The van der Waals surface area contributed by atoms with Gasteiger partial charge >= 0.3 is 5.82 Å². The molecule has 16 heavy (non-hydrogen) atoms. The highest BCUT2D eigenvalue weighted by Crippen LogP contribution is 2.29. The monoisotopic (exact) mass is 339 g/mol. The molecule has 0 unspecified atom stereocenters. The summed E-state index contributed by atoms with van der Waals surface area (Å²) < 4.78 is 25.3. The molecule has 1 heterocycles. The zero-order chi connectivity index (χ0) is 12.3. The fraction of sp³-hybridized carbons (Fsp3) is 0.250. The molecule has 0 aliphatic heterocycles. The average molecular weight is 339 g/mol. The number of aromatic nitrogens is 1. The standard InChI is InChI=1S/C8H4F2IN3O2/c9-7(10)5-3-6(14(15)16)13-8(11)4(5)1-2-12/h3,7H,1H2. The smallest absolute Gasteiger partial charge is 0.358 e. The molecule has 0 radical (unpaired) electrons. The lowest BCUT2D eigenvalue weighted by atomic mass is 10.1. The summed E-state index contributed by atoms with van der Waals surface area (Å²) in [6.07, 6.45) is -3.11. The average Bonchev–Trinajstić information content (AvgIpc) is 2.20. The molecule has 0 aromatic carbocycles. The molecule has 1 aromatic rings. The Hall–Kier alpha value is -1.37. The van der Waals surface area contributed by atoms with E-state index in [1.165, 1.54) is 0 Å². The molecule has 8 heteroatoms. The number of rotatable bonds is 3. The number of hydrogen-bond donors (Lipinski definition) is 0. The number of halogens is 3. The van der Waals surface area contributed by atoms with E-state index in [1.54, 1.807) is 28.7 Å². The van der Waals surface area contributed by atoms with Crippen LogP contribution < -0.4 is 0 Å². The molecule has 0 aliphatic rings. The van der Waals surface area contributed by atoms with E-state index in [1.807, 2.05) is 0 Å². The third-order valence-corrected chi connectivity index (χ3v) is 2.67. The van der Waals surface area contributed by atoms with Crippen LogP contribution in [0.1, 0.15) is 17.6 Å². The maximum Gasteiger partial charge on any atom is 0.365 e. The van der Waals surface area contributed by atoms with Gasteiger partial charge < -0.3 is 10.1 Å². The second kappa shape index (κ2) is 5.11. The maximum atomic E-state index is 12.6. The van der Waals surface area contributed by atoms with Gasteiger partial charge in [-0.05, 0) is 9.91 Å². The van der Waals surface area contributed by atoms with Gasteiger partial charge in [-0.1, -0.05) is 0 Å². The molecular formula is C8H4F2IN3O2. The van der Waals surface area contributed by atoms with Crippen LogP contribution in [0.4, 0.5) is 14.6 Å². The van der Waals surface area contributed by atoms with Crippen LogP contribution >= 0.6 is 22.6 Å². The quantitative estimate of drug-likeness (QED) is 0.367. The van der Waals surface area contributed by atoms with E-state index in [-0.39, 0.29) is 15.7 Å². The normalized spacial score (nSPS) is 10.2. The van der Waals surface area contributed by atoms with Crippen LogP contribution in [-0.4, -0.2) is 9.91 Å². The van der Waals surface area contributed by atoms with Crippen LogP contribution in [0.25, 0.3) is 0 Å². The number of nitriles is 1. The highest BCUT2D eigenvalue weighted by Gasteiger charge is 2.23. The minimum Gasteiger partial charge on any atom is -0.358 e. The third-order valence-electron chi connectivity index (χ3n) is 1.77. The molecule has 1 aromatic heterocycles. The largest absolute Gasteiger partial charge is 0.365 e. The predicted octanol–water partition coefficient (Wildman–Crippen LogP) is 2.60. The van der Waals surface area contributed by atoms with Crippen molar-refractivity contribution in [1.82, 2.24) is 4.98 Å². The van der Waals surface area contributed by atoms with Crippen LogP contribution in [-0.2, 0) is 6.42 Å². The lowest BCUT2D eigenvalue weighted by molar-refractivity contribution is -0.389. The van der Waals surface area contributed by atoms with E-state index in [9.17, 15) is 18.9 Å². The first-order chi connectivity index (χ1) is 7.47. The van der Waals surface area contributed by atoms with E-state index in [0.29, 0.717) is 6.07 Å². The van der Waals surface area contributed by atoms with Crippen molar-refractivity contribution < 1.29 is 13.7 Å². The second-order valence-corrected chi connectivity index (χ2v) is 3.75. The molecule has 0 bridgehead atoms. The molecule has 0 aliphatic carbocycles. The Morgan fingerprint density at radius 1 is 1.69 bits per heavy atom. The maximum absolute atomic E-state index is 12.6. The summed E-state index contributed by atoms with van der Waals surface area (Å²) in [6, 6.07) is 2.43. The number of pyridine rings is 1. The van der Waals surface area contributed by atoms with E-state index in [4.69, 9.17) is 5.26 Å². The number of hydrogen-bond acceptors (Lipinski definition) is 4. The molecule has 84 valence electrons. The zero-order valence-corrected chi connectivity index (χ0v) is 9.81. The van der Waals surface area contributed by atoms with Gasteiger partial charge in [-0.2, -0.15) is 5.26 Å². The molecule has 0 saturated heterocycles. The van der Waals surface area contributed by atoms with Gasteiger partial charge in [-0.25, -0.2) is 8.78 Å². The van der Waals surface area contributed by atoms with Crippen molar-refractivity contribution in [2.24, 2.45) is 0 Å². The van der Waals surface area contributed by atoms with Gasteiger partial charge in [0.05, 0.1) is 12.5 Å². The van der Waals surface area contributed by atoms with Gasteiger partial charge in [0, 0.05) is 39.8 Å². The summed E-state index contributed by atoms with van der Waals surface area (Å²) in [5.74, 6) is -0.638. The van der Waals surface area contributed by atoms with Crippen molar-refractivity contribution in [3.05, 3.63) is 31.0 Å². The van der Waals surface area contributed by atoms with Gasteiger partial charge in [0.25, 0.3) is 6.43 Å². The van der Waals surface area contributed by atoms with Crippen LogP contribution in [0.5, 0.6) is 0 Å². The Kier molecular flexibility index (Phi) is 4.05. The Bertz CT molecular complexity index is 473. The Balaban J connectivity index is 3.40. The van der Waals surface area contributed by atoms with Crippen molar-refractivity contribution in [3.8, 4) is 6.07 Å². The molecule has 0 fully saturated rings. The van der Waals surface area contributed by atoms with Crippen molar-refractivity contribution in [2.45, 2.75) is 12.8 Å². The highest BCUT2D eigenvalue weighted by atomic mass is 127. The summed E-state index contributed by atoms with van der Waals surface area (Å²) in [5.41, 5.74) is -0.462. The fourth-order valence-corrected chi connectivity index (χ4v) is 1.84. The highest BCUT2D eigenvalue weighted by molar-refractivity contribution is 14.1.